The minimum Gasteiger partial charge on any atom is -0.748 e. The van der Waals surface area contributed by atoms with Crippen molar-refractivity contribution in [1.29, 1.82) is 0 Å². The van der Waals surface area contributed by atoms with E-state index in [2.05, 4.69) is 62.4 Å². The van der Waals surface area contributed by atoms with Gasteiger partial charge in [0.25, 0.3) is 0 Å². The van der Waals surface area contributed by atoms with Crippen molar-refractivity contribution < 1.29 is 13.0 Å². The summed E-state index contributed by atoms with van der Waals surface area (Å²) in [7, 11) is -3.92. The van der Waals surface area contributed by atoms with Gasteiger partial charge < -0.3 is 4.55 Å². The third kappa shape index (κ3) is 9.81. The molecule has 18 heavy (non-hydrogen) atoms. The van der Waals surface area contributed by atoms with E-state index in [1.807, 2.05) is 0 Å². The highest BCUT2D eigenvalue weighted by molar-refractivity contribution is 7.84. The molecule has 0 fully saturated rings. The minimum absolute atomic E-state index is 0.604. The first-order valence-corrected chi connectivity index (χ1v) is 7.54. The second kappa shape index (κ2) is 8.66. The molecular formula is C14H19O3S-. The second-order valence-electron chi connectivity index (χ2n) is 3.76. The zero-order valence-corrected chi connectivity index (χ0v) is 11.8. The van der Waals surface area contributed by atoms with Crippen LogP contribution in [0.3, 0.4) is 0 Å². The topological polar surface area (TPSA) is 57.2 Å². The summed E-state index contributed by atoms with van der Waals surface area (Å²) in [6, 6.07) is 16.7. The van der Waals surface area contributed by atoms with E-state index in [9.17, 15) is 0 Å². The molecule has 0 aliphatic heterocycles. The second-order valence-corrected chi connectivity index (χ2v) is 5.17. The van der Waals surface area contributed by atoms with Crippen LogP contribution >= 0.6 is 0 Å². The van der Waals surface area contributed by atoms with E-state index in [0.29, 0.717) is 6.26 Å². The summed E-state index contributed by atoms with van der Waals surface area (Å²) in [5, 5.41) is 2.62. The summed E-state index contributed by atoms with van der Waals surface area (Å²) in [5.41, 5.74) is 0. The van der Waals surface area contributed by atoms with Gasteiger partial charge in [-0.05, 0) is 10.8 Å². The third-order valence-electron chi connectivity index (χ3n) is 1.66. The molecule has 2 rings (SSSR count). The van der Waals surface area contributed by atoms with Gasteiger partial charge in [0.15, 0.2) is 0 Å². The first kappa shape index (κ1) is 16.6. The standard InChI is InChI=1S/C10H8.C3H8.CH4O3S/c1-2-6-10-8-4-3-7-9(10)5-1;1-3-2;1-5(2,3)4/h1-8H;3H2,1-2H3;1H3,(H,2,3,4)/p-1. The number of benzene rings is 2. The van der Waals surface area contributed by atoms with Crippen LogP contribution in [0.15, 0.2) is 48.5 Å². The number of hydrogen-bond acceptors (Lipinski definition) is 3. The maximum atomic E-state index is 9.08. The molecule has 0 aliphatic rings. The molecule has 2 aromatic carbocycles. The highest BCUT2D eigenvalue weighted by atomic mass is 32.2. The molecule has 0 bridgehead atoms. The molecule has 0 unspecified atom stereocenters. The van der Waals surface area contributed by atoms with Crippen molar-refractivity contribution in [3.8, 4) is 0 Å². The van der Waals surface area contributed by atoms with Gasteiger partial charge in [-0.15, -0.1) is 0 Å². The first-order valence-electron chi connectivity index (χ1n) is 5.73. The van der Waals surface area contributed by atoms with E-state index < -0.39 is 10.1 Å². The summed E-state index contributed by atoms with van der Waals surface area (Å²) >= 11 is 0. The molecule has 0 aliphatic carbocycles. The molecule has 0 amide bonds. The predicted octanol–water partition coefficient (Wildman–Crippen LogP) is 3.42. The van der Waals surface area contributed by atoms with Crippen LogP contribution in [0.2, 0.25) is 0 Å². The summed E-state index contributed by atoms with van der Waals surface area (Å²) in [5.74, 6) is 0. The Morgan fingerprint density at radius 2 is 1.06 bits per heavy atom. The first-order chi connectivity index (χ1) is 8.38. The van der Waals surface area contributed by atoms with Crippen LogP contribution < -0.4 is 0 Å². The van der Waals surface area contributed by atoms with Gasteiger partial charge in [0.2, 0.25) is 0 Å². The van der Waals surface area contributed by atoms with E-state index in [4.69, 9.17) is 13.0 Å². The third-order valence-corrected chi connectivity index (χ3v) is 1.66. The van der Waals surface area contributed by atoms with Gasteiger partial charge in [0.05, 0.1) is 10.1 Å². The largest absolute Gasteiger partial charge is 0.748 e. The number of fused-ring (bicyclic) bond motifs is 1. The van der Waals surface area contributed by atoms with Crippen molar-refractivity contribution in [3.05, 3.63) is 48.5 Å². The Morgan fingerprint density at radius 1 is 0.889 bits per heavy atom. The normalized spacial score (nSPS) is 9.78. The lowest BCUT2D eigenvalue weighted by Gasteiger charge is -1.92. The molecule has 0 radical (unpaired) electrons. The van der Waals surface area contributed by atoms with Gasteiger partial charge in [-0.25, -0.2) is 8.42 Å². The highest BCUT2D eigenvalue weighted by Gasteiger charge is 1.85. The van der Waals surface area contributed by atoms with Crippen molar-refractivity contribution in [2.75, 3.05) is 6.26 Å². The zero-order valence-electron chi connectivity index (χ0n) is 11.0. The van der Waals surface area contributed by atoms with Crippen molar-refractivity contribution in [2.45, 2.75) is 20.3 Å². The maximum Gasteiger partial charge on any atom is 0.0916 e. The van der Waals surface area contributed by atoms with Crippen molar-refractivity contribution in [2.24, 2.45) is 0 Å². The molecule has 3 nitrogen and oxygen atoms in total. The number of rotatable bonds is 0. The predicted molar refractivity (Wildman–Crippen MR) is 75.5 cm³/mol. The van der Waals surface area contributed by atoms with Gasteiger partial charge in [-0.1, -0.05) is 68.8 Å². The Bertz CT molecular complexity index is 474. The molecule has 0 aromatic heterocycles. The smallest absolute Gasteiger partial charge is 0.0916 e. The van der Waals surface area contributed by atoms with Crippen LogP contribution in [0, 0.1) is 0 Å². The SMILES string of the molecule is CCC.CS(=O)(=O)[O-].c1ccc2ccccc2c1. The van der Waals surface area contributed by atoms with E-state index in [1.165, 1.54) is 17.2 Å². The lowest BCUT2D eigenvalue weighted by molar-refractivity contribution is 0.470. The highest BCUT2D eigenvalue weighted by Crippen LogP contribution is 2.11. The average Bonchev–Trinajstić information content (AvgIpc) is 2.28. The molecule has 4 heteroatoms. The van der Waals surface area contributed by atoms with Gasteiger partial charge in [-0.3, -0.25) is 0 Å². The lowest BCUT2D eigenvalue weighted by Crippen LogP contribution is -1.88. The summed E-state index contributed by atoms with van der Waals surface area (Å²) < 4.78 is 27.2. The van der Waals surface area contributed by atoms with Gasteiger partial charge in [0, 0.05) is 6.26 Å². The minimum atomic E-state index is -3.92. The summed E-state index contributed by atoms with van der Waals surface area (Å²) in [6.45, 7) is 4.25. The van der Waals surface area contributed by atoms with E-state index in [0.717, 1.165) is 0 Å². The molecule has 100 valence electrons. The van der Waals surface area contributed by atoms with Crippen LogP contribution in [-0.4, -0.2) is 19.2 Å². The van der Waals surface area contributed by atoms with Crippen LogP contribution in [-0.2, 0) is 10.1 Å². The van der Waals surface area contributed by atoms with Crippen LogP contribution in [0.1, 0.15) is 20.3 Å². The quantitative estimate of drug-likeness (QED) is 0.687. The van der Waals surface area contributed by atoms with Gasteiger partial charge in [-0.2, -0.15) is 0 Å². The van der Waals surface area contributed by atoms with Crippen molar-refractivity contribution in [3.63, 3.8) is 0 Å². The molecule has 0 N–H and O–H groups in total. The van der Waals surface area contributed by atoms with E-state index in [-0.39, 0.29) is 0 Å². The van der Waals surface area contributed by atoms with Crippen LogP contribution in [0.25, 0.3) is 10.8 Å². The monoisotopic (exact) mass is 267 g/mol. The zero-order chi connectivity index (χ0) is 14.0. The van der Waals surface area contributed by atoms with Crippen LogP contribution in [0.4, 0.5) is 0 Å². The van der Waals surface area contributed by atoms with Crippen LogP contribution in [0.5, 0.6) is 0 Å². The Labute approximate surface area is 109 Å². The van der Waals surface area contributed by atoms with E-state index >= 15 is 0 Å². The Hall–Kier alpha value is -1.39. The molecule has 0 heterocycles. The summed E-state index contributed by atoms with van der Waals surface area (Å²) in [6.07, 6.45) is 1.85. The summed E-state index contributed by atoms with van der Waals surface area (Å²) in [4.78, 5) is 0. The van der Waals surface area contributed by atoms with Gasteiger partial charge >= 0.3 is 0 Å². The van der Waals surface area contributed by atoms with Crippen molar-refractivity contribution >= 4 is 20.9 Å². The number of hydrogen-bond donors (Lipinski definition) is 0. The lowest BCUT2D eigenvalue weighted by atomic mass is 10.1. The fourth-order valence-corrected chi connectivity index (χ4v) is 1.13. The molecule has 0 saturated heterocycles. The Balaban J connectivity index is 0.000000309. The average molecular weight is 267 g/mol. The Kier molecular flexibility index (Phi) is 8.00. The van der Waals surface area contributed by atoms with Crippen molar-refractivity contribution in [1.82, 2.24) is 0 Å². The fourth-order valence-electron chi connectivity index (χ4n) is 1.13. The Morgan fingerprint density at radius 3 is 1.22 bits per heavy atom. The van der Waals surface area contributed by atoms with Gasteiger partial charge in [0.1, 0.15) is 0 Å². The molecular weight excluding hydrogens is 248 g/mol. The molecule has 0 atom stereocenters. The maximum absolute atomic E-state index is 9.08. The molecule has 0 saturated carbocycles. The van der Waals surface area contributed by atoms with E-state index in [1.54, 1.807) is 0 Å². The molecule has 2 aromatic rings. The molecule has 0 spiro atoms. The fraction of sp³-hybridized carbons (Fsp3) is 0.286.